The van der Waals surface area contributed by atoms with E-state index in [1.807, 2.05) is 0 Å². The molecule has 5 heteroatoms. The molecule has 0 bridgehead atoms. The molecule has 0 spiro atoms. The molecule has 13 heavy (non-hydrogen) atoms. The molecule has 1 fully saturated rings. The van der Waals surface area contributed by atoms with Crippen LogP contribution in [0.1, 0.15) is 24.3 Å². The molecule has 1 aromatic heterocycles. The monoisotopic (exact) mass is 310 g/mol. The van der Waals surface area contributed by atoms with Crippen molar-refractivity contribution in [2.75, 3.05) is 6.61 Å². The van der Waals surface area contributed by atoms with Crippen molar-refractivity contribution in [3.63, 3.8) is 0 Å². The first kappa shape index (κ1) is 9.79. The van der Waals surface area contributed by atoms with Crippen molar-refractivity contribution < 1.29 is 4.74 Å². The van der Waals surface area contributed by atoms with Crippen LogP contribution in [0.5, 0.6) is 0 Å². The maximum Gasteiger partial charge on any atom is 0.203 e. The molecule has 0 saturated carbocycles. The zero-order valence-corrected chi connectivity index (χ0v) is 10.2. The highest BCUT2D eigenvalue weighted by Gasteiger charge is 2.15. The fraction of sp³-hybridized carbons (Fsp3) is 0.750. The molecular weight excluding hydrogens is 299 g/mol. The van der Waals surface area contributed by atoms with Crippen LogP contribution in [0.15, 0.2) is 0 Å². The summed E-state index contributed by atoms with van der Waals surface area (Å²) in [6.45, 7) is 0.943. The van der Waals surface area contributed by atoms with Crippen molar-refractivity contribution in [3.05, 3.63) is 8.84 Å². The molecule has 1 aliphatic heterocycles. The average Bonchev–Trinajstić information content (AvgIpc) is 2.71. The lowest BCUT2D eigenvalue weighted by Crippen LogP contribution is -2.05. The predicted molar refractivity (Wildman–Crippen MR) is 59.9 cm³/mol. The first-order valence-corrected chi connectivity index (χ1v) is 6.29. The Kier molecular flexibility index (Phi) is 3.51. The summed E-state index contributed by atoms with van der Waals surface area (Å²) in [6.07, 6.45) is 5.03. The number of hydrogen-bond donors (Lipinski definition) is 0. The maximum absolute atomic E-state index is 5.54. The number of nitrogens with zero attached hydrogens (tertiary/aromatic N) is 2. The zero-order chi connectivity index (χ0) is 9.10. The summed E-state index contributed by atoms with van der Waals surface area (Å²) in [5.74, 6) is 0. The van der Waals surface area contributed by atoms with Gasteiger partial charge in [0.2, 0.25) is 3.83 Å². The van der Waals surface area contributed by atoms with Gasteiger partial charge >= 0.3 is 0 Å². The van der Waals surface area contributed by atoms with E-state index in [4.69, 9.17) is 4.74 Å². The van der Waals surface area contributed by atoms with Crippen LogP contribution >= 0.6 is 34.1 Å². The second-order valence-corrected chi connectivity index (χ2v) is 4.93. The molecule has 1 unspecified atom stereocenters. The van der Waals surface area contributed by atoms with E-state index in [1.54, 1.807) is 0 Å². The van der Waals surface area contributed by atoms with Crippen molar-refractivity contribution in [2.24, 2.45) is 0 Å². The Balaban J connectivity index is 1.78. The van der Waals surface area contributed by atoms with Gasteiger partial charge in [-0.2, -0.15) is 4.37 Å². The van der Waals surface area contributed by atoms with Crippen LogP contribution in [0, 0.1) is 3.83 Å². The van der Waals surface area contributed by atoms with Crippen molar-refractivity contribution in [3.8, 4) is 0 Å². The molecule has 1 saturated heterocycles. The van der Waals surface area contributed by atoms with E-state index in [1.165, 1.54) is 24.4 Å². The van der Waals surface area contributed by atoms with Gasteiger partial charge in [0, 0.05) is 35.6 Å². The van der Waals surface area contributed by atoms with Crippen LogP contribution in [0.2, 0.25) is 0 Å². The molecule has 0 aromatic carbocycles. The van der Waals surface area contributed by atoms with E-state index in [2.05, 4.69) is 31.9 Å². The van der Waals surface area contributed by atoms with Gasteiger partial charge < -0.3 is 4.74 Å². The highest BCUT2D eigenvalue weighted by molar-refractivity contribution is 14.1. The fourth-order valence-corrected chi connectivity index (χ4v) is 2.80. The Hall–Kier alpha value is 0.250. The first-order chi connectivity index (χ1) is 6.34. The Morgan fingerprint density at radius 3 is 3.15 bits per heavy atom. The number of hydrogen-bond acceptors (Lipinski definition) is 4. The highest BCUT2D eigenvalue weighted by Crippen LogP contribution is 2.18. The molecule has 0 N–H and O–H groups in total. The quantitative estimate of drug-likeness (QED) is 0.803. The Bertz CT molecular complexity index is 273. The number of aryl methyl sites for hydroxylation is 1. The third kappa shape index (κ3) is 2.85. The lowest BCUT2D eigenvalue weighted by Gasteiger charge is -2.05. The minimum atomic E-state index is 0.474. The van der Waals surface area contributed by atoms with Crippen LogP contribution in [-0.4, -0.2) is 22.1 Å². The smallest absolute Gasteiger partial charge is 0.203 e. The molecule has 72 valence electrons. The molecule has 2 rings (SSSR count). The van der Waals surface area contributed by atoms with E-state index in [0.717, 1.165) is 28.3 Å². The van der Waals surface area contributed by atoms with E-state index in [-0.39, 0.29) is 0 Å². The van der Waals surface area contributed by atoms with Crippen molar-refractivity contribution in [1.29, 1.82) is 0 Å². The van der Waals surface area contributed by atoms with Gasteiger partial charge in [-0.1, -0.05) is 0 Å². The van der Waals surface area contributed by atoms with Crippen molar-refractivity contribution in [1.82, 2.24) is 9.36 Å². The van der Waals surface area contributed by atoms with Crippen LogP contribution in [0.4, 0.5) is 0 Å². The Labute approximate surface area is 95.2 Å². The van der Waals surface area contributed by atoms with E-state index in [0.29, 0.717) is 6.10 Å². The summed E-state index contributed by atoms with van der Waals surface area (Å²) >= 11 is 3.65. The summed E-state index contributed by atoms with van der Waals surface area (Å²) in [5.41, 5.74) is 0. The minimum absolute atomic E-state index is 0.474. The topological polar surface area (TPSA) is 35.0 Å². The van der Waals surface area contributed by atoms with Gasteiger partial charge in [0.05, 0.1) is 6.10 Å². The molecule has 1 atom stereocenters. The maximum atomic E-state index is 5.54. The summed E-state index contributed by atoms with van der Waals surface area (Å²) in [5, 5.41) is 1.14. The SMILES string of the molecule is Ic1nsc(CCC2CCCO2)n1. The molecule has 1 aromatic rings. The second-order valence-electron chi connectivity index (χ2n) is 3.13. The molecule has 1 aliphatic rings. The standard InChI is InChI=1S/C8H11IN2OS/c9-8-10-7(13-11-8)4-3-6-2-1-5-12-6/h6H,1-5H2. The van der Waals surface area contributed by atoms with E-state index in [9.17, 15) is 0 Å². The van der Waals surface area contributed by atoms with Gasteiger partial charge in [0.25, 0.3) is 0 Å². The largest absolute Gasteiger partial charge is 0.378 e. The molecule has 2 heterocycles. The van der Waals surface area contributed by atoms with Crippen LogP contribution in [0.25, 0.3) is 0 Å². The summed E-state index contributed by atoms with van der Waals surface area (Å²) in [6, 6.07) is 0. The summed E-state index contributed by atoms with van der Waals surface area (Å²) in [7, 11) is 0. The number of rotatable bonds is 3. The van der Waals surface area contributed by atoms with Gasteiger partial charge in [0.15, 0.2) is 0 Å². The molecular formula is C8H11IN2OS. The van der Waals surface area contributed by atoms with E-state index >= 15 is 0 Å². The molecule has 0 amide bonds. The van der Waals surface area contributed by atoms with Crippen molar-refractivity contribution >= 4 is 34.1 Å². The second kappa shape index (κ2) is 4.65. The molecule has 0 radical (unpaired) electrons. The number of ether oxygens (including phenoxy) is 1. The van der Waals surface area contributed by atoms with Gasteiger partial charge in [-0.05, 0) is 30.8 Å². The van der Waals surface area contributed by atoms with Gasteiger partial charge in [-0.15, -0.1) is 0 Å². The van der Waals surface area contributed by atoms with Crippen LogP contribution in [-0.2, 0) is 11.2 Å². The predicted octanol–water partition coefficient (Wildman–Crippen LogP) is 2.25. The van der Waals surface area contributed by atoms with Gasteiger partial charge in [-0.25, -0.2) is 4.98 Å². The van der Waals surface area contributed by atoms with Gasteiger partial charge in [0.1, 0.15) is 5.01 Å². The molecule has 3 nitrogen and oxygen atoms in total. The normalized spacial score (nSPS) is 22.4. The lowest BCUT2D eigenvalue weighted by atomic mass is 10.1. The number of aromatic nitrogens is 2. The highest BCUT2D eigenvalue weighted by atomic mass is 127. The number of halogens is 1. The summed E-state index contributed by atoms with van der Waals surface area (Å²) in [4.78, 5) is 4.31. The third-order valence-corrected chi connectivity index (χ3v) is 3.73. The Morgan fingerprint density at radius 2 is 2.54 bits per heavy atom. The average molecular weight is 310 g/mol. The summed E-state index contributed by atoms with van der Waals surface area (Å²) < 4.78 is 10.5. The van der Waals surface area contributed by atoms with Crippen LogP contribution < -0.4 is 0 Å². The fourth-order valence-electron chi connectivity index (χ4n) is 1.49. The minimum Gasteiger partial charge on any atom is -0.378 e. The van der Waals surface area contributed by atoms with E-state index < -0.39 is 0 Å². The van der Waals surface area contributed by atoms with Gasteiger partial charge in [-0.3, -0.25) is 0 Å². The first-order valence-electron chi connectivity index (χ1n) is 4.44. The van der Waals surface area contributed by atoms with Crippen LogP contribution in [0.3, 0.4) is 0 Å². The Morgan fingerprint density at radius 1 is 1.62 bits per heavy atom. The lowest BCUT2D eigenvalue weighted by molar-refractivity contribution is 0.104. The molecule has 0 aliphatic carbocycles. The zero-order valence-electron chi connectivity index (χ0n) is 7.20. The third-order valence-electron chi connectivity index (χ3n) is 2.15. The van der Waals surface area contributed by atoms with Crippen molar-refractivity contribution in [2.45, 2.75) is 31.8 Å².